The van der Waals surface area contributed by atoms with Gasteiger partial charge in [-0.2, -0.15) is 0 Å². The summed E-state index contributed by atoms with van der Waals surface area (Å²) in [6.45, 7) is -0.180. The molecule has 0 aromatic heterocycles. The van der Waals surface area contributed by atoms with Crippen LogP contribution in [0.3, 0.4) is 0 Å². The number of benzene rings is 1. The van der Waals surface area contributed by atoms with Gasteiger partial charge in [0.05, 0.1) is 18.5 Å². The van der Waals surface area contributed by atoms with Crippen molar-refractivity contribution in [1.29, 1.82) is 0 Å². The number of amides is 1. The van der Waals surface area contributed by atoms with Crippen molar-refractivity contribution in [3.05, 3.63) is 33.9 Å². The highest BCUT2D eigenvalue weighted by molar-refractivity contribution is 6.04. The molecule has 0 saturated heterocycles. The third-order valence-electron chi connectivity index (χ3n) is 2.72. The maximum atomic E-state index is 11.7. The summed E-state index contributed by atoms with van der Waals surface area (Å²) in [5.41, 5.74) is 1.01. The third-order valence-corrected chi connectivity index (χ3v) is 2.72. The van der Waals surface area contributed by atoms with E-state index in [1.165, 1.54) is 30.2 Å². The Balaban J connectivity index is 2.32. The van der Waals surface area contributed by atoms with Gasteiger partial charge in [-0.3, -0.25) is 19.7 Å². The molecule has 94 valence electrons. The highest BCUT2D eigenvalue weighted by atomic mass is 16.6. The van der Waals surface area contributed by atoms with Gasteiger partial charge in [-0.15, -0.1) is 0 Å². The van der Waals surface area contributed by atoms with E-state index in [1.807, 2.05) is 0 Å². The zero-order chi connectivity index (χ0) is 13.3. The predicted molar refractivity (Wildman–Crippen MR) is 61.2 cm³/mol. The van der Waals surface area contributed by atoms with E-state index >= 15 is 0 Å². The van der Waals surface area contributed by atoms with Gasteiger partial charge in [0.1, 0.15) is 6.54 Å². The minimum absolute atomic E-state index is 0.0635. The molecular weight excluding hydrogens is 240 g/mol. The van der Waals surface area contributed by atoms with Crippen molar-refractivity contribution in [3.63, 3.8) is 0 Å². The minimum atomic E-state index is -0.533. The van der Waals surface area contributed by atoms with E-state index in [1.54, 1.807) is 0 Å². The van der Waals surface area contributed by atoms with Crippen LogP contribution in [0.25, 0.3) is 0 Å². The number of hydrogen-bond donors (Lipinski definition) is 0. The fourth-order valence-electron chi connectivity index (χ4n) is 1.85. The molecule has 18 heavy (non-hydrogen) atoms. The molecule has 0 fully saturated rings. The number of carbonyl (C=O) groups excluding carboxylic acids is 2. The number of non-ortho nitro benzene ring substituents is 1. The molecule has 7 nitrogen and oxygen atoms in total. The van der Waals surface area contributed by atoms with E-state index < -0.39 is 10.9 Å². The summed E-state index contributed by atoms with van der Waals surface area (Å²) < 4.78 is 4.50. The molecule has 0 spiro atoms. The minimum Gasteiger partial charge on any atom is -0.468 e. The Labute approximate surface area is 102 Å². The number of fused-ring (bicyclic) bond motifs is 1. The van der Waals surface area contributed by atoms with Gasteiger partial charge >= 0.3 is 5.97 Å². The summed E-state index contributed by atoms with van der Waals surface area (Å²) in [7, 11) is 1.24. The van der Waals surface area contributed by atoms with Crippen molar-refractivity contribution >= 4 is 23.3 Å². The smallest absolute Gasteiger partial charge is 0.325 e. The summed E-state index contributed by atoms with van der Waals surface area (Å²) in [5, 5.41) is 10.6. The first kappa shape index (κ1) is 12.0. The number of nitrogens with zero attached hydrogens (tertiary/aromatic N) is 2. The number of methoxy groups -OCH3 is 1. The third kappa shape index (κ3) is 2.02. The predicted octanol–water partition coefficient (Wildman–Crippen LogP) is 0.657. The Hall–Kier alpha value is -2.44. The van der Waals surface area contributed by atoms with Crippen LogP contribution in [-0.4, -0.2) is 30.5 Å². The number of nitro benzene ring substituents is 1. The zero-order valence-corrected chi connectivity index (χ0v) is 9.58. The Morgan fingerprint density at radius 2 is 2.28 bits per heavy atom. The molecule has 0 bridgehead atoms. The Kier molecular flexibility index (Phi) is 2.97. The molecule has 1 amide bonds. The molecule has 1 heterocycles. The summed E-state index contributed by atoms with van der Waals surface area (Å²) in [4.78, 5) is 34.3. The first-order valence-electron chi connectivity index (χ1n) is 5.17. The number of nitro groups is 1. The maximum absolute atomic E-state index is 11.7. The quantitative estimate of drug-likeness (QED) is 0.446. The molecular formula is C11H10N2O5. The Morgan fingerprint density at radius 1 is 1.56 bits per heavy atom. The van der Waals surface area contributed by atoms with E-state index in [0.717, 1.165) is 0 Å². The summed E-state index contributed by atoms with van der Waals surface area (Å²) in [5.74, 6) is -0.801. The van der Waals surface area contributed by atoms with Gasteiger partial charge in [-0.1, -0.05) is 0 Å². The number of hydrogen-bond acceptors (Lipinski definition) is 5. The van der Waals surface area contributed by atoms with Crippen molar-refractivity contribution < 1.29 is 19.2 Å². The molecule has 7 heteroatoms. The SMILES string of the molecule is COC(=O)CN1C(=O)Cc2cc([N+](=O)[O-])ccc21. The molecule has 0 radical (unpaired) electrons. The van der Waals surface area contributed by atoms with Crippen molar-refractivity contribution in [2.24, 2.45) is 0 Å². The molecule has 0 saturated carbocycles. The second-order valence-corrected chi connectivity index (χ2v) is 3.80. The summed E-state index contributed by atoms with van der Waals surface area (Å²) in [6.07, 6.45) is 0.0635. The van der Waals surface area contributed by atoms with Crippen LogP contribution in [0.4, 0.5) is 11.4 Å². The molecule has 1 aromatic rings. The van der Waals surface area contributed by atoms with Gasteiger partial charge in [0.2, 0.25) is 5.91 Å². The number of esters is 1. The fraction of sp³-hybridized carbons (Fsp3) is 0.273. The fourth-order valence-corrected chi connectivity index (χ4v) is 1.85. The van der Waals surface area contributed by atoms with Gasteiger partial charge < -0.3 is 9.64 Å². The molecule has 1 aliphatic heterocycles. The second kappa shape index (κ2) is 4.44. The molecule has 1 aromatic carbocycles. The number of anilines is 1. The Morgan fingerprint density at radius 3 is 2.89 bits per heavy atom. The topological polar surface area (TPSA) is 89.8 Å². The molecule has 0 N–H and O–H groups in total. The van der Waals surface area contributed by atoms with Gasteiger partial charge in [-0.25, -0.2) is 0 Å². The van der Waals surface area contributed by atoms with Gasteiger partial charge in [0.15, 0.2) is 0 Å². The van der Waals surface area contributed by atoms with Crippen molar-refractivity contribution in [3.8, 4) is 0 Å². The summed E-state index contributed by atoms with van der Waals surface area (Å²) in [6, 6.07) is 4.13. The molecule has 1 aliphatic rings. The van der Waals surface area contributed by atoms with E-state index in [4.69, 9.17) is 0 Å². The lowest BCUT2D eigenvalue weighted by Crippen LogP contribution is -2.33. The van der Waals surface area contributed by atoms with Gasteiger partial charge in [0, 0.05) is 17.8 Å². The molecule has 0 aliphatic carbocycles. The average Bonchev–Trinajstić information content (AvgIpc) is 2.64. The maximum Gasteiger partial charge on any atom is 0.325 e. The monoisotopic (exact) mass is 250 g/mol. The highest BCUT2D eigenvalue weighted by Gasteiger charge is 2.30. The van der Waals surface area contributed by atoms with Gasteiger partial charge in [-0.05, 0) is 11.6 Å². The van der Waals surface area contributed by atoms with E-state index in [0.29, 0.717) is 11.3 Å². The lowest BCUT2D eigenvalue weighted by Gasteiger charge is -2.15. The zero-order valence-electron chi connectivity index (χ0n) is 9.58. The number of rotatable bonds is 3. The second-order valence-electron chi connectivity index (χ2n) is 3.80. The van der Waals surface area contributed by atoms with Crippen LogP contribution in [-0.2, 0) is 20.7 Å². The first-order valence-corrected chi connectivity index (χ1v) is 5.17. The van der Waals surface area contributed by atoms with Crippen LogP contribution in [0.5, 0.6) is 0 Å². The normalized spacial score (nSPS) is 13.4. The average molecular weight is 250 g/mol. The number of ether oxygens (including phenoxy) is 1. The van der Waals surface area contributed by atoms with E-state index in [2.05, 4.69) is 4.74 Å². The van der Waals surface area contributed by atoms with Crippen LogP contribution in [0.2, 0.25) is 0 Å². The van der Waals surface area contributed by atoms with Crippen molar-refractivity contribution in [1.82, 2.24) is 0 Å². The first-order chi connectivity index (χ1) is 8.52. The molecule has 0 atom stereocenters. The van der Waals surface area contributed by atoms with Crippen molar-refractivity contribution in [2.45, 2.75) is 6.42 Å². The molecule has 0 unspecified atom stereocenters. The lowest BCUT2D eigenvalue weighted by atomic mass is 10.1. The van der Waals surface area contributed by atoms with E-state index in [-0.39, 0.29) is 24.6 Å². The van der Waals surface area contributed by atoms with Crippen LogP contribution < -0.4 is 4.90 Å². The van der Waals surface area contributed by atoms with Crippen LogP contribution >= 0.6 is 0 Å². The van der Waals surface area contributed by atoms with Crippen LogP contribution in [0.15, 0.2) is 18.2 Å². The van der Waals surface area contributed by atoms with Gasteiger partial charge in [0.25, 0.3) is 5.69 Å². The standard InChI is InChI=1S/C11H10N2O5/c1-18-11(15)6-12-9-3-2-8(13(16)17)4-7(9)5-10(12)14/h2-4H,5-6H2,1H3. The van der Waals surface area contributed by atoms with E-state index in [9.17, 15) is 19.7 Å². The molecule has 2 rings (SSSR count). The largest absolute Gasteiger partial charge is 0.468 e. The highest BCUT2D eigenvalue weighted by Crippen LogP contribution is 2.31. The lowest BCUT2D eigenvalue weighted by molar-refractivity contribution is -0.384. The summed E-state index contributed by atoms with van der Waals surface area (Å²) >= 11 is 0. The number of carbonyl (C=O) groups is 2. The van der Waals surface area contributed by atoms with Crippen LogP contribution in [0.1, 0.15) is 5.56 Å². The van der Waals surface area contributed by atoms with Crippen molar-refractivity contribution in [2.75, 3.05) is 18.6 Å². The van der Waals surface area contributed by atoms with Crippen LogP contribution in [0, 0.1) is 10.1 Å². The Bertz CT molecular complexity index is 540.